The van der Waals surface area contributed by atoms with Crippen LogP contribution in [0.1, 0.15) is 18.1 Å². The predicted octanol–water partition coefficient (Wildman–Crippen LogP) is 3.41. The quantitative estimate of drug-likeness (QED) is 0.881. The van der Waals surface area contributed by atoms with Gasteiger partial charge in [-0.15, -0.1) is 0 Å². The van der Waals surface area contributed by atoms with Crippen LogP contribution < -0.4 is 10.1 Å². The average molecular weight is 281 g/mol. The fourth-order valence-corrected chi connectivity index (χ4v) is 1.85. The molecule has 0 radical (unpaired) electrons. The molecule has 2 rings (SSSR count). The molecule has 0 spiro atoms. The van der Waals surface area contributed by atoms with Crippen LogP contribution in [0.4, 0.5) is 0 Å². The first-order valence-electron chi connectivity index (χ1n) is 6.92. The van der Waals surface area contributed by atoms with E-state index in [4.69, 9.17) is 4.74 Å². The third kappa shape index (κ3) is 5.53. The van der Waals surface area contributed by atoms with Gasteiger partial charge in [0, 0.05) is 13.5 Å². The van der Waals surface area contributed by atoms with Crippen molar-refractivity contribution in [2.75, 3.05) is 6.54 Å². The summed E-state index contributed by atoms with van der Waals surface area (Å²) in [6.07, 6.45) is 3.88. The van der Waals surface area contributed by atoms with Gasteiger partial charge in [0.25, 0.3) is 0 Å². The molecule has 2 aromatic rings. The van der Waals surface area contributed by atoms with E-state index in [1.807, 2.05) is 66.7 Å². The molecule has 0 aromatic heterocycles. The molecule has 3 heteroatoms. The number of rotatable bonds is 6. The van der Waals surface area contributed by atoms with E-state index in [9.17, 15) is 4.79 Å². The van der Waals surface area contributed by atoms with E-state index in [0.29, 0.717) is 13.2 Å². The Morgan fingerprint density at radius 2 is 1.95 bits per heavy atom. The largest absolute Gasteiger partial charge is 0.489 e. The van der Waals surface area contributed by atoms with Crippen molar-refractivity contribution in [3.63, 3.8) is 0 Å². The van der Waals surface area contributed by atoms with Gasteiger partial charge in [0.2, 0.25) is 5.91 Å². The highest BCUT2D eigenvalue weighted by Gasteiger charge is 1.96. The number of hydrogen-bond donors (Lipinski definition) is 1. The lowest BCUT2D eigenvalue weighted by Gasteiger charge is -2.07. The Morgan fingerprint density at radius 3 is 2.71 bits per heavy atom. The molecule has 0 saturated heterocycles. The molecule has 1 N–H and O–H groups in total. The average Bonchev–Trinajstić information content (AvgIpc) is 2.51. The second-order valence-corrected chi connectivity index (χ2v) is 4.69. The van der Waals surface area contributed by atoms with E-state index in [2.05, 4.69) is 5.32 Å². The molecule has 0 unspecified atom stereocenters. The van der Waals surface area contributed by atoms with Crippen molar-refractivity contribution in [1.82, 2.24) is 5.32 Å². The fraction of sp³-hybridized carbons (Fsp3) is 0.167. The van der Waals surface area contributed by atoms with Crippen LogP contribution in [0.3, 0.4) is 0 Å². The minimum absolute atomic E-state index is 0.0282. The summed E-state index contributed by atoms with van der Waals surface area (Å²) in [6.45, 7) is 2.59. The highest BCUT2D eigenvalue weighted by Crippen LogP contribution is 2.16. The first kappa shape index (κ1) is 14.9. The van der Waals surface area contributed by atoms with Crippen LogP contribution in [0.25, 0.3) is 6.08 Å². The number of nitrogens with one attached hydrogen (secondary N) is 1. The van der Waals surface area contributed by atoms with Gasteiger partial charge in [0.05, 0.1) is 0 Å². The molecule has 0 bridgehead atoms. The van der Waals surface area contributed by atoms with Crippen LogP contribution in [0, 0.1) is 0 Å². The van der Waals surface area contributed by atoms with Gasteiger partial charge in [-0.2, -0.15) is 0 Å². The second-order valence-electron chi connectivity index (χ2n) is 4.69. The number of amides is 1. The first-order valence-corrected chi connectivity index (χ1v) is 6.92. The summed E-state index contributed by atoms with van der Waals surface area (Å²) in [5, 5.41) is 2.72. The number of ether oxygens (including phenoxy) is 1. The summed E-state index contributed by atoms with van der Waals surface area (Å²) in [5.41, 5.74) is 2.19. The summed E-state index contributed by atoms with van der Waals surface area (Å²) in [4.78, 5) is 10.8. The zero-order chi connectivity index (χ0) is 14.9. The summed E-state index contributed by atoms with van der Waals surface area (Å²) in [5.74, 6) is 0.806. The summed E-state index contributed by atoms with van der Waals surface area (Å²) >= 11 is 0. The van der Waals surface area contributed by atoms with Crippen molar-refractivity contribution in [3.05, 3.63) is 71.8 Å². The smallest absolute Gasteiger partial charge is 0.217 e. The van der Waals surface area contributed by atoms with Crippen LogP contribution in [0.2, 0.25) is 0 Å². The van der Waals surface area contributed by atoms with Crippen LogP contribution in [-0.2, 0) is 11.4 Å². The van der Waals surface area contributed by atoms with Crippen molar-refractivity contribution in [1.29, 1.82) is 0 Å². The number of carbonyl (C=O) groups is 1. The lowest BCUT2D eigenvalue weighted by molar-refractivity contribution is -0.118. The lowest BCUT2D eigenvalue weighted by Crippen LogP contribution is -2.19. The van der Waals surface area contributed by atoms with Crippen LogP contribution in [0.5, 0.6) is 5.75 Å². The van der Waals surface area contributed by atoms with Crippen LogP contribution in [-0.4, -0.2) is 12.5 Å². The van der Waals surface area contributed by atoms with E-state index < -0.39 is 0 Å². The molecule has 0 heterocycles. The fourth-order valence-electron chi connectivity index (χ4n) is 1.85. The SMILES string of the molecule is CC(=O)NCC=Cc1cccc(OCc2ccccc2)c1. The monoisotopic (exact) mass is 281 g/mol. The minimum Gasteiger partial charge on any atom is -0.489 e. The zero-order valence-electron chi connectivity index (χ0n) is 12.1. The topological polar surface area (TPSA) is 38.3 Å². The molecular formula is C18H19NO2. The molecule has 3 nitrogen and oxygen atoms in total. The molecule has 0 aliphatic carbocycles. The Hall–Kier alpha value is -2.55. The maximum absolute atomic E-state index is 10.8. The van der Waals surface area contributed by atoms with Crippen molar-refractivity contribution >= 4 is 12.0 Å². The molecule has 0 saturated carbocycles. The second kappa shape index (κ2) is 7.90. The zero-order valence-corrected chi connectivity index (χ0v) is 12.1. The Bertz CT molecular complexity index is 606. The van der Waals surface area contributed by atoms with Gasteiger partial charge >= 0.3 is 0 Å². The van der Waals surface area contributed by atoms with Crippen molar-refractivity contribution in [2.45, 2.75) is 13.5 Å². The minimum atomic E-state index is -0.0282. The molecule has 0 atom stereocenters. The normalized spacial score (nSPS) is 10.5. The van der Waals surface area contributed by atoms with Crippen molar-refractivity contribution in [3.8, 4) is 5.75 Å². The predicted molar refractivity (Wildman–Crippen MR) is 84.9 cm³/mol. The summed E-state index contributed by atoms with van der Waals surface area (Å²) < 4.78 is 5.77. The molecular weight excluding hydrogens is 262 g/mol. The Kier molecular flexibility index (Phi) is 5.59. The lowest BCUT2D eigenvalue weighted by atomic mass is 10.2. The van der Waals surface area contributed by atoms with Gasteiger partial charge in [-0.05, 0) is 23.3 Å². The first-order chi connectivity index (χ1) is 10.2. The number of benzene rings is 2. The molecule has 0 fully saturated rings. The Labute approximate surface area is 125 Å². The third-order valence-electron chi connectivity index (χ3n) is 2.89. The molecule has 1 amide bonds. The van der Waals surface area contributed by atoms with E-state index in [1.165, 1.54) is 6.92 Å². The highest BCUT2D eigenvalue weighted by molar-refractivity contribution is 5.73. The maximum atomic E-state index is 10.8. The van der Waals surface area contributed by atoms with Gasteiger partial charge in [-0.1, -0.05) is 54.6 Å². The molecule has 0 aliphatic heterocycles. The van der Waals surface area contributed by atoms with Crippen LogP contribution >= 0.6 is 0 Å². The third-order valence-corrected chi connectivity index (χ3v) is 2.89. The van der Waals surface area contributed by atoms with E-state index in [0.717, 1.165) is 16.9 Å². The number of hydrogen-bond acceptors (Lipinski definition) is 2. The molecule has 21 heavy (non-hydrogen) atoms. The summed E-state index contributed by atoms with van der Waals surface area (Å²) in [7, 11) is 0. The Morgan fingerprint density at radius 1 is 1.14 bits per heavy atom. The highest BCUT2D eigenvalue weighted by atomic mass is 16.5. The van der Waals surface area contributed by atoms with E-state index in [-0.39, 0.29) is 5.91 Å². The van der Waals surface area contributed by atoms with Gasteiger partial charge in [-0.25, -0.2) is 0 Å². The van der Waals surface area contributed by atoms with Gasteiger partial charge in [0.1, 0.15) is 12.4 Å². The molecule has 108 valence electrons. The standard InChI is InChI=1S/C18H19NO2/c1-15(20)19-12-6-10-16-9-5-11-18(13-16)21-14-17-7-3-2-4-8-17/h2-11,13H,12,14H2,1H3,(H,19,20). The summed E-state index contributed by atoms with van der Waals surface area (Å²) in [6, 6.07) is 17.9. The molecule has 0 aliphatic rings. The van der Waals surface area contributed by atoms with Gasteiger partial charge in [0.15, 0.2) is 0 Å². The maximum Gasteiger partial charge on any atom is 0.217 e. The van der Waals surface area contributed by atoms with Gasteiger partial charge in [-0.3, -0.25) is 4.79 Å². The van der Waals surface area contributed by atoms with Gasteiger partial charge < -0.3 is 10.1 Å². The molecule has 2 aromatic carbocycles. The van der Waals surface area contributed by atoms with E-state index in [1.54, 1.807) is 0 Å². The van der Waals surface area contributed by atoms with Crippen molar-refractivity contribution in [2.24, 2.45) is 0 Å². The van der Waals surface area contributed by atoms with E-state index >= 15 is 0 Å². The van der Waals surface area contributed by atoms with Crippen molar-refractivity contribution < 1.29 is 9.53 Å². The number of carbonyl (C=O) groups excluding carboxylic acids is 1. The Balaban J connectivity index is 1.90. The van der Waals surface area contributed by atoms with Crippen LogP contribution in [0.15, 0.2) is 60.7 Å².